The standard InChI is InChI=1S/C52H68FN9O7S/c1-7-68-50-46(26-41-42(53)31-56-47(41)57-50)69-45-24-35(61-20-18-52(19-21-61)27-36(28-52)62-23-22-59(5)32-44(62)39-11-9-8-10-38(39)33(2)3)12-13-40(45)49(63)58-70(66,67)37-25-43(60(6)65)48(55-30-37)54-29-34-14-16-51(4,64)17-15-34/h8-13,24-26,30-31,33-34,36,44,60,64H,7,14-23,27-29,32H2,1-6H3,(H,54,55)(H,56,57)(H,58,63)/t34-,44-,51-/m0/s1. The molecular formula is C52H68FN9O7S. The SMILES string of the molecule is CCOc1nc2[nH]cc(F)c2cc1Oc1cc(N2CCC3(CC2)CC(N2CCN(C)C[C@H]2c2ccccc2C(C)C)C3)ccc1C(=O)NS(=O)(=O)c1cnc(NC[C@H]2CC[C@](C)(O)CC2)c([NH+](C)[O-])c1. The summed E-state index contributed by atoms with van der Waals surface area (Å²) in [5, 5.41) is 26.2. The lowest BCUT2D eigenvalue weighted by Gasteiger charge is -2.58. The van der Waals surface area contributed by atoms with Gasteiger partial charge in [-0.05, 0) is 113 Å². The molecule has 9 rings (SSSR count). The van der Waals surface area contributed by atoms with E-state index < -0.39 is 32.4 Å². The molecule has 18 heteroatoms. The number of hydrogen-bond donors (Lipinski definition) is 5. The Kier molecular flexibility index (Phi) is 14.2. The minimum atomic E-state index is -4.58. The second kappa shape index (κ2) is 20.0. The first-order chi connectivity index (χ1) is 33.4. The topological polar surface area (TPSA) is 193 Å². The summed E-state index contributed by atoms with van der Waals surface area (Å²) in [6.45, 7) is 13.5. The maximum absolute atomic E-state index is 14.9. The quantitative estimate of drug-likeness (QED) is 0.0659. The highest BCUT2D eigenvalue weighted by molar-refractivity contribution is 7.90. The van der Waals surface area contributed by atoms with E-state index >= 15 is 0 Å². The zero-order valence-electron chi connectivity index (χ0n) is 41.2. The van der Waals surface area contributed by atoms with Gasteiger partial charge in [0.2, 0.25) is 0 Å². The van der Waals surface area contributed by atoms with E-state index in [-0.39, 0.29) is 68.3 Å². The molecule has 2 saturated carbocycles. The normalized spacial score (nSPS) is 22.8. The summed E-state index contributed by atoms with van der Waals surface area (Å²) in [5.41, 5.74) is 3.39. The Morgan fingerprint density at radius 2 is 1.79 bits per heavy atom. The first-order valence-corrected chi connectivity index (χ1v) is 26.3. The van der Waals surface area contributed by atoms with Gasteiger partial charge in [0, 0.05) is 81.4 Å². The molecule has 1 unspecified atom stereocenters. The van der Waals surface area contributed by atoms with Crippen LogP contribution in [-0.4, -0.2) is 116 Å². The molecular weight excluding hydrogens is 914 g/mol. The third-order valence-electron chi connectivity index (χ3n) is 15.4. The molecule has 5 heterocycles. The zero-order chi connectivity index (χ0) is 49.5. The van der Waals surface area contributed by atoms with E-state index in [1.807, 2.05) is 6.92 Å². The Bertz CT molecular complexity index is 2800. The van der Waals surface area contributed by atoms with E-state index in [9.17, 15) is 27.9 Å². The molecule has 2 aliphatic heterocycles. The Hall–Kier alpha value is -5.37. The fraction of sp³-hybridized carbons (Fsp3) is 0.519. The number of sulfonamides is 1. The fourth-order valence-electron chi connectivity index (χ4n) is 11.2. The summed E-state index contributed by atoms with van der Waals surface area (Å²) in [4.78, 5) is 32.9. The van der Waals surface area contributed by atoms with Crippen LogP contribution in [-0.2, 0) is 10.0 Å². The number of nitrogens with zero attached hydrogens (tertiary/aromatic N) is 5. The van der Waals surface area contributed by atoms with Crippen LogP contribution < -0.4 is 29.5 Å². The second-order valence-electron chi connectivity index (χ2n) is 20.8. The molecule has 0 bridgehead atoms. The molecule has 2 aliphatic carbocycles. The van der Waals surface area contributed by atoms with E-state index in [1.165, 1.54) is 42.6 Å². The number of likely N-dealkylation sites (N-methyl/N-ethyl adjacent to an activating group) is 1. The van der Waals surface area contributed by atoms with Crippen LogP contribution in [0.25, 0.3) is 11.0 Å². The highest BCUT2D eigenvalue weighted by Crippen LogP contribution is 2.53. The average Bonchev–Trinajstić information content (AvgIpc) is 3.68. The van der Waals surface area contributed by atoms with Gasteiger partial charge in [0.1, 0.15) is 22.1 Å². The summed E-state index contributed by atoms with van der Waals surface area (Å²) in [7, 11) is -1.03. The number of piperazine rings is 1. The van der Waals surface area contributed by atoms with Gasteiger partial charge in [-0.2, -0.15) is 4.98 Å². The number of anilines is 2. The lowest BCUT2D eigenvalue weighted by Crippen LogP contribution is -2.98. The minimum absolute atomic E-state index is 0.0151. The molecule has 5 aromatic rings. The van der Waals surface area contributed by atoms with Gasteiger partial charge in [-0.1, -0.05) is 38.1 Å². The average molecular weight is 982 g/mol. The molecule has 70 heavy (non-hydrogen) atoms. The number of nitrogens with one attached hydrogen (secondary N) is 4. The van der Waals surface area contributed by atoms with Crippen LogP contribution >= 0.6 is 0 Å². The van der Waals surface area contributed by atoms with Gasteiger partial charge in [-0.15, -0.1) is 0 Å². The van der Waals surface area contributed by atoms with Gasteiger partial charge in [-0.25, -0.2) is 22.5 Å². The number of H-pyrrole nitrogens is 1. The van der Waals surface area contributed by atoms with Crippen molar-refractivity contribution >= 4 is 44.2 Å². The van der Waals surface area contributed by atoms with Gasteiger partial charge in [0.15, 0.2) is 17.3 Å². The number of ether oxygens (including phenoxy) is 2. The smallest absolute Gasteiger partial charge is 0.268 e. The van der Waals surface area contributed by atoms with Crippen molar-refractivity contribution in [1.82, 2.24) is 29.5 Å². The van der Waals surface area contributed by atoms with Crippen molar-refractivity contribution in [3.8, 4) is 17.4 Å². The van der Waals surface area contributed by atoms with E-state index in [2.05, 4.69) is 84.9 Å². The number of aliphatic hydroxyl groups is 1. The van der Waals surface area contributed by atoms with Crippen molar-refractivity contribution in [3.63, 3.8) is 0 Å². The molecule has 2 atom stereocenters. The second-order valence-corrected chi connectivity index (χ2v) is 22.5. The number of aromatic amines is 1. The molecule has 16 nitrogen and oxygen atoms in total. The number of halogens is 1. The molecule has 2 saturated heterocycles. The number of pyridine rings is 2. The summed E-state index contributed by atoms with van der Waals surface area (Å²) in [5.74, 6) is -0.498. The van der Waals surface area contributed by atoms with E-state index in [0.29, 0.717) is 37.4 Å². The van der Waals surface area contributed by atoms with E-state index in [4.69, 9.17) is 9.47 Å². The highest BCUT2D eigenvalue weighted by Gasteiger charge is 2.50. The number of fused-ring (bicyclic) bond motifs is 1. The number of rotatable bonds is 15. The zero-order valence-corrected chi connectivity index (χ0v) is 42.0. The first kappa shape index (κ1) is 49.6. The number of amides is 1. The first-order valence-electron chi connectivity index (χ1n) is 24.9. The van der Waals surface area contributed by atoms with E-state index in [1.54, 1.807) is 19.1 Å². The highest BCUT2D eigenvalue weighted by atomic mass is 32.2. The predicted octanol–water partition coefficient (Wildman–Crippen LogP) is 7.26. The van der Waals surface area contributed by atoms with Crippen molar-refractivity contribution in [2.45, 2.75) is 108 Å². The van der Waals surface area contributed by atoms with Crippen LogP contribution in [0.5, 0.6) is 17.4 Å². The van der Waals surface area contributed by atoms with Crippen LogP contribution in [0.1, 0.15) is 113 Å². The molecule has 1 amide bonds. The fourth-order valence-corrected chi connectivity index (χ4v) is 12.1. The number of benzene rings is 2. The Morgan fingerprint density at radius 3 is 2.50 bits per heavy atom. The maximum atomic E-state index is 14.9. The van der Waals surface area contributed by atoms with Gasteiger partial charge >= 0.3 is 0 Å². The van der Waals surface area contributed by atoms with Crippen LogP contribution in [0.3, 0.4) is 0 Å². The van der Waals surface area contributed by atoms with Crippen molar-refractivity contribution in [3.05, 3.63) is 94.7 Å². The summed E-state index contributed by atoms with van der Waals surface area (Å²) < 4.78 is 57.3. The molecule has 0 radical (unpaired) electrons. The summed E-state index contributed by atoms with van der Waals surface area (Å²) >= 11 is 0. The Morgan fingerprint density at radius 1 is 1.04 bits per heavy atom. The van der Waals surface area contributed by atoms with E-state index in [0.717, 1.165) is 83.1 Å². The molecule has 5 N–H and O–H groups in total. The molecule has 4 aliphatic rings. The molecule has 376 valence electrons. The van der Waals surface area contributed by atoms with Crippen molar-refractivity contribution in [2.75, 3.05) is 70.2 Å². The van der Waals surface area contributed by atoms with Crippen LogP contribution in [0.2, 0.25) is 0 Å². The number of piperidine rings is 1. The monoisotopic (exact) mass is 981 g/mol. The summed E-state index contributed by atoms with van der Waals surface area (Å²) in [6.07, 6.45) is 9.50. The molecule has 2 aromatic carbocycles. The van der Waals surface area contributed by atoms with Crippen LogP contribution in [0.4, 0.5) is 21.6 Å². The number of hydroxylamine groups is 1. The Labute approximate surface area is 410 Å². The van der Waals surface area contributed by atoms with Crippen molar-refractivity contribution in [2.24, 2.45) is 11.3 Å². The number of carbonyl (C=O) groups is 1. The van der Waals surface area contributed by atoms with Crippen LogP contribution in [0.15, 0.2) is 71.9 Å². The third-order valence-corrected chi connectivity index (χ3v) is 16.7. The van der Waals surface area contributed by atoms with Crippen molar-refractivity contribution in [1.29, 1.82) is 0 Å². The lowest BCUT2D eigenvalue weighted by atomic mass is 9.59. The molecule has 3 aromatic heterocycles. The summed E-state index contributed by atoms with van der Waals surface area (Å²) in [6, 6.07) is 17.5. The number of carbonyl (C=O) groups excluding carboxylic acids is 1. The molecule has 1 spiro atoms. The van der Waals surface area contributed by atoms with Crippen LogP contribution in [0, 0.1) is 22.4 Å². The van der Waals surface area contributed by atoms with Gasteiger partial charge < -0.3 is 45.0 Å². The number of hydrogen-bond acceptors (Lipinski definition) is 13. The lowest BCUT2D eigenvalue weighted by molar-refractivity contribution is -0.751. The molecule has 4 fully saturated rings. The minimum Gasteiger partial charge on any atom is -0.629 e. The third kappa shape index (κ3) is 10.5. The maximum Gasteiger partial charge on any atom is 0.268 e. The van der Waals surface area contributed by atoms with Gasteiger partial charge in [0.05, 0.1) is 36.4 Å². The predicted molar refractivity (Wildman–Crippen MR) is 268 cm³/mol. The number of aromatic nitrogens is 3. The van der Waals surface area contributed by atoms with Gasteiger partial charge in [0.25, 0.3) is 21.8 Å². The largest absolute Gasteiger partial charge is 0.629 e. The Balaban J connectivity index is 0.937. The number of quaternary nitrogens is 1. The van der Waals surface area contributed by atoms with Crippen molar-refractivity contribution < 1.29 is 37.2 Å². The van der Waals surface area contributed by atoms with Gasteiger partial charge in [-0.3, -0.25) is 9.69 Å².